The number of aryl methyl sites for hydroxylation is 1. The van der Waals surface area contributed by atoms with Crippen molar-refractivity contribution in [3.63, 3.8) is 0 Å². The SMILES string of the molecule is Cc1ccccc1C1CC(c2cccc(F)c2)=NN1C(=O)CN1CCCC1. The summed E-state index contributed by atoms with van der Waals surface area (Å²) in [7, 11) is 0. The van der Waals surface area contributed by atoms with Gasteiger partial charge in [0.05, 0.1) is 18.3 Å². The molecule has 0 radical (unpaired) electrons. The summed E-state index contributed by atoms with van der Waals surface area (Å²) in [5, 5.41) is 6.27. The second kappa shape index (κ2) is 7.61. The van der Waals surface area contributed by atoms with Crippen molar-refractivity contribution in [2.45, 2.75) is 32.2 Å². The predicted octanol–water partition coefficient (Wildman–Crippen LogP) is 3.91. The van der Waals surface area contributed by atoms with Crippen LogP contribution in [-0.4, -0.2) is 41.2 Å². The second-order valence-electron chi connectivity index (χ2n) is 7.36. The van der Waals surface area contributed by atoms with E-state index in [0.717, 1.165) is 48.3 Å². The zero-order valence-corrected chi connectivity index (χ0v) is 15.6. The molecule has 140 valence electrons. The minimum Gasteiger partial charge on any atom is -0.294 e. The van der Waals surface area contributed by atoms with E-state index in [9.17, 15) is 9.18 Å². The Labute approximate surface area is 159 Å². The summed E-state index contributed by atoms with van der Waals surface area (Å²) in [5.41, 5.74) is 3.74. The zero-order chi connectivity index (χ0) is 18.8. The number of rotatable bonds is 4. The van der Waals surface area contributed by atoms with Crippen LogP contribution in [0, 0.1) is 12.7 Å². The molecule has 0 N–H and O–H groups in total. The third-order valence-corrected chi connectivity index (χ3v) is 5.43. The van der Waals surface area contributed by atoms with Gasteiger partial charge in [-0.05, 0) is 56.1 Å². The maximum Gasteiger partial charge on any atom is 0.257 e. The molecule has 2 aromatic carbocycles. The number of hydrogen-bond acceptors (Lipinski definition) is 3. The number of carbonyl (C=O) groups excluding carboxylic acids is 1. The Bertz CT molecular complexity index is 873. The maximum atomic E-state index is 13.7. The van der Waals surface area contributed by atoms with Gasteiger partial charge in [-0.3, -0.25) is 9.69 Å². The van der Waals surface area contributed by atoms with E-state index in [1.54, 1.807) is 11.1 Å². The first kappa shape index (κ1) is 17.9. The molecule has 2 aliphatic heterocycles. The number of nitrogens with zero attached hydrogens (tertiary/aromatic N) is 3. The third-order valence-electron chi connectivity index (χ3n) is 5.43. The first-order chi connectivity index (χ1) is 13.1. The fourth-order valence-electron chi connectivity index (χ4n) is 3.99. The predicted molar refractivity (Wildman–Crippen MR) is 104 cm³/mol. The molecule has 0 saturated carbocycles. The second-order valence-corrected chi connectivity index (χ2v) is 7.36. The lowest BCUT2D eigenvalue weighted by molar-refractivity contribution is -0.134. The van der Waals surface area contributed by atoms with Crippen LogP contribution in [0.4, 0.5) is 4.39 Å². The van der Waals surface area contributed by atoms with E-state index < -0.39 is 0 Å². The number of hydrazone groups is 1. The first-order valence-corrected chi connectivity index (χ1v) is 9.55. The van der Waals surface area contributed by atoms with E-state index >= 15 is 0 Å². The van der Waals surface area contributed by atoms with Crippen molar-refractivity contribution in [2.24, 2.45) is 5.10 Å². The highest BCUT2D eigenvalue weighted by Gasteiger charge is 2.34. The summed E-state index contributed by atoms with van der Waals surface area (Å²) >= 11 is 0. The highest BCUT2D eigenvalue weighted by Crippen LogP contribution is 2.34. The van der Waals surface area contributed by atoms with Crippen LogP contribution in [0.2, 0.25) is 0 Å². The fraction of sp³-hybridized carbons (Fsp3) is 0.364. The van der Waals surface area contributed by atoms with Gasteiger partial charge in [-0.1, -0.05) is 36.4 Å². The molecule has 4 rings (SSSR count). The Kier molecular flexibility index (Phi) is 5.03. The quantitative estimate of drug-likeness (QED) is 0.824. The molecule has 1 amide bonds. The minimum atomic E-state index is -0.288. The minimum absolute atomic E-state index is 0.0107. The number of likely N-dealkylation sites (tertiary alicyclic amines) is 1. The van der Waals surface area contributed by atoms with E-state index in [0.29, 0.717) is 13.0 Å². The van der Waals surface area contributed by atoms with E-state index in [1.165, 1.54) is 12.1 Å². The standard InChI is InChI=1S/C22H24FN3O/c1-16-7-2-3-10-19(16)21-14-20(17-8-6-9-18(23)13-17)24-26(21)22(27)15-25-11-4-5-12-25/h2-3,6-10,13,21H,4-5,11-12,14-15H2,1H3. The van der Waals surface area contributed by atoms with Crippen LogP contribution < -0.4 is 0 Å². The number of hydrogen-bond donors (Lipinski definition) is 0. The van der Waals surface area contributed by atoms with Gasteiger partial charge in [0.2, 0.25) is 0 Å². The monoisotopic (exact) mass is 365 g/mol. The molecule has 2 heterocycles. The topological polar surface area (TPSA) is 35.9 Å². The van der Waals surface area contributed by atoms with Crippen molar-refractivity contribution in [2.75, 3.05) is 19.6 Å². The van der Waals surface area contributed by atoms with Crippen LogP contribution >= 0.6 is 0 Å². The summed E-state index contributed by atoms with van der Waals surface area (Å²) < 4.78 is 13.7. The largest absolute Gasteiger partial charge is 0.294 e. The Balaban J connectivity index is 1.65. The molecule has 1 saturated heterocycles. The van der Waals surface area contributed by atoms with Crippen LogP contribution in [0.25, 0.3) is 0 Å². The summed E-state index contributed by atoms with van der Waals surface area (Å²) in [6.07, 6.45) is 2.89. The Morgan fingerprint density at radius 2 is 1.93 bits per heavy atom. The van der Waals surface area contributed by atoms with Crippen molar-refractivity contribution in [1.82, 2.24) is 9.91 Å². The van der Waals surface area contributed by atoms with Crippen LogP contribution in [0.3, 0.4) is 0 Å². The van der Waals surface area contributed by atoms with E-state index in [2.05, 4.69) is 29.1 Å². The fourth-order valence-corrected chi connectivity index (χ4v) is 3.99. The van der Waals surface area contributed by atoms with Gasteiger partial charge in [-0.2, -0.15) is 5.10 Å². The van der Waals surface area contributed by atoms with Gasteiger partial charge in [-0.25, -0.2) is 9.40 Å². The zero-order valence-electron chi connectivity index (χ0n) is 15.6. The highest BCUT2D eigenvalue weighted by atomic mass is 19.1. The molecule has 1 fully saturated rings. The molecule has 27 heavy (non-hydrogen) atoms. The van der Waals surface area contributed by atoms with Crippen molar-refractivity contribution in [1.29, 1.82) is 0 Å². The van der Waals surface area contributed by atoms with Gasteiger partial charge in [0.25, 0.3) is 5.91 Å². The summed E-state index contributed by atoms with van der Waals surface area (Å²) in [5.74, 6) is -0.277. The van der Waals surface area contributed by atoms with Gasteiger partial charge in [0, 0.05) is 12.0 Å². The number of carbonyl (C=O) groups is 1. The van der Waals surface area contributed by atoms with Gasteiger partial charge in [-0.15, -0.1) is 0 Å². The first-order valence-electron chi connectivity index (χ1n) is 9.55. The summed E-state index contributed by atoms with van der Waals surface area (Å²) in [6.45, 7) is 4.38. The van der Waals surface area contributed by atoms with Crippen LogP contribution in [0.15, 0.2) is 53.6 Å². The van der Waals surface area contributed by atoms with Gasteiger partial charge in [0.15, 0.2) is 0 Å². The molecule has 0 spiro atoms. The Hall–Kier alpha value is -2.53. The molecule has 2 aliphatic rings. The maximum absolute atomic E-state index is 13.7. The molecule has 0 aliphatic carbocycles. The number of amides is 1. The van der Waals surface area contributed by atoms with Crippen molar-refractivity contribution < 1.29 is 9.18 Å². The van der Waals surface area contributed by atoms with Crippen molar-refractivity contribution >= 4 is 11.6 Å². The molecule has 1 atom stereocenters. The molecule has 0 aromatic heterocycles. The molecule has 1 unspecified atom stereocenters. The average molecular weight is 365 g/mol. The molecular formula is C22H24FN3O. The molecule has 2 aromatic rings. The third kappa shape index (κ3) is 3.78. The smallest absolute Gasteiger partial charge is 0.257 e. The lowest BCUT2D eigenvalue weighted by Crippen LogP contribution is -2.37. The van der Waals surface area contributed by atoms with E-state index in [-0.39, 0.29) is 17.8 Å². The lowest BCUT2D eigenvalue weighted by Gasteiger charge is -2.25. The van der Waals surface area contributed by atoms with Crippen molar-refractivity contribution in [3.05, 3.63) is 71.0 Å². The highest BCUT2D eigenvalue weighted by molar-refractivity contribution is 6.03. The van der Waals surface area contributed by atoms with Gasteiger partial charge < -0.3 is 0 Å². The molecule has 0 bridgehead atoms. The van der Waals surface area contributed by atoms with Crippen molar-refractivity contribution in [3.8, 4) is 0 Å². The molecule has 5 heteroatoms. The lowest BCUT2D eigenvalue weighted by atomic mass is 9.95. The molecular weight excluding hydrogens is 341 g/mol. The van der Waals surface area contributed by atoms with Crippen LogP contribution in [-0.2, 0) is 4.79 Å². The normalized spacial score (nSPS) is 20.1. The van der Waals surface area contributed by atoms with Gasteiger partial charge in [0.1, 0.15) is 5.82 Å². The number of benzene rings is 2. The Morgan fingerprint density at radius 1 is 1.15 bits per heavy atom. The van der Waals surface area contributed by atoms with Crippen LogP contribution in [0.1, 0.15) is 42.0 Å². The average Bonchev–Trinajstić information content (AvgIpc) is 3.32. The number of halogens is 1. The van der Waals surface area contributed by atoms with E-state index in [1.807, 2.05) is 18.2 Å². The van der Waals surface area contributed by atoms with Crippen LogP contribution in [0.5, 0.6) is 0 Å². The van der Waals surface area contributed by atoms with Gasteiger partial charge >= 0.3 is 0 Å². The van der Waals surface area contributed by atoms with E-state index in [4.69, 9.17) is 0 Å². The summed E-state index contributed by atoms with van der Waals surface area (Å²) in [6, 6.07) is 14.4. The molecule has 4 nitrogen and oxygen atoms in total. The Morgan fingerprint density at radius 3 is 2.67 bits per heavy atom. The summed E-state index contributed by atoms with van der Waals surface area (Å²) in [4.78, 5) is 15.2.